The minimum Gasteiger partial charge on any atom is -0.332 e. The number of halogens is 3. The number of Topliss-reactive ketones (excluding diaryl/α,β-unsaturated/α-hetero) is 1. The average molecular weight is 355 g/mol. The summed E-state index contributed by atoms with van der Waals surface area (Å²) in [7, 11) is 0. The number of benzene rings is 1. The third-order valence-corrected chi connectivity index (χ3v) is 4.46. The molecule has 1 saturated heterocycles. The Balaban J connectivity index is 2.08. The molecule has 1 aromatic rings. The van der Waals surface area contributed by atoms with Crippen LogP contribution in [0.25, 0.3) is 0 Å². The molecule has 138 valence electrons. The molecule has 0 radical (unpaired) electrons. The van der Waals surface area contributed by atoms with Crippen molar-refractivity contribution in [3.8, 4) is 0 Å². The van der Waals surface area contributed by atoms with E-state index in [0.29, 0.717) is 19.4 Å². The maximum Gasteiger partial charge on any atom is 0.416 e. The van der Waals surface area contributed by atoms with Crippen molar-refractivity contribution in [1.29, 1.82) is 0 Å². The molecule has 1 aromatic carbocycles. The molecule has 0 spiro atoms. The SMILES string of the molecule is CC(C)(C)CCC(=O)N1CCC[C@H]1C(=O)c1ccc(C(F)(F)F)cc1. The van der Waals surface area contributed by atoms with Gasteiger partial charge in [0, 0.05) is 18.5 Å². The topological polar surface area (TPSA) is 37.4 Å². The van der Waals surface area contributed by atoms with E-state index in [1.165, 1.54) is 12.1 Å². The summed E-state index contributed by atoms with van der Waals surface area (Å²) >= 11 is 0. The first-order valence-corrected chi connectivity index (χ1v) is 8.50. The van der Waals surface area contributed by atoms with E-state index in [9.17, 15) is 22.8 Å². The van der Waals surface area contributed by atoms with Crippen molar-refractivity contribution in [3.63, 3.8) is 0 Å². The third kappa shape index (κ3) is 5.06. The molecule has 0 unspecified atom stereocenters. The summed E-state index contributed by atoms with van der Waals surface area (Å²) in [6.07, 6.45) is -2.03. The Hall–Kier alpha value is -1.85. The lowest BCUT2D eigenvalue weighted by Gasteiger charge is -2.26. The van der Waals surface area contributed by atoms with Crippen LogP contribution >= 0.6 is 0 Å². The molecule has 0 aromatic heterocycles. The van der Waals surface area contributed by atoms with Gasteiger partial charge in [0.1, 0.15) is 0 Å². The molecular weight excluding hydrogens is 331 g/mol. The summed E-state index contributed by atoms with van der Waals surface area (Å²) in [5.74, 6) is -0.340. The normalized spacial score (nSPS) is 18.5. The van der Waals surface area contributed by atoms with Gasteiger partial charge in [-0.25, -0.2) is 0 Å². The maximum atomic E-state index is 12.6. The predicted molar refractivity (Wildman–Crippen MR) is 89.2 cm³/mol. The van der Waals surface area contributed by atoms with E-state index in [0.717, 1.165) is 25.0 Å². The van der Waals surface area contributed by atoms with Crippen LogP contribution in [0.2, 0.25) is 0 Å². The number of hydrogen-bond acceptors (Lipinski definition) is 2. The molecule has 25 heavy (non-hydrogen) atoms. The fourth-order valence-corrected chi connectivity index (χ4v) is 2.98. The van der Waals surface area contributed by atoms with Crippen molar-refractivity contribution < 1.29 is 22.8 Å². The largest absolute Gasteiger partial charge is 0.416 e. The summed E-state index contributed by atoms with van der Waals surface area (Å²) in [5.41, 5.74) is -0.537. The van der Waals surface area contributed by atoms with Gasteiger partial charge in [0.2, 0.25) is 5.91 Å². The summed E-state index contributed by atoms with van der Waals surface area (Å²) in [5, 5.41) is 0. The highest BCUT2D eigenvalue weighted by molar-refractivity contribution is 6.02. The molecule has 1 fully saturated rings. The molecule has 0 aliphatic carbocycles. The molecule has 0 saturated carbocycles. The van der Waals surface area contributed by atoms with Gasteiger partial charge in [-0.15, -0.1) is 0 Å². The summed E-state index contributed by atoms with van der Waals surface area (Å²) < 4.78 is 37.9. The van der Waals surface area contributed by atoms with E-state index in [1.54, 1.807) is 4.90 Å². The van der Waals surface area contributed by atoms with E-state index < -0.39 is 17.8 Å². The zero-order chi connectivity index (χ0) is 18.8. The minimum atomic E-state index is -4.43. The van der Waals surface area contributed by atoms with Crippen LogP contribution in [0.1, 0.15) is 62.4 Å². The fraction of sp³-hybridized carbons (Fsp3) is 0.579. The van der Waals surface area contributed by atoms with Crippen LogP contribution in [0.15, 0.2) is 24.3 Å². The Morgan fingerprint density at radius 1 is 1.12 bits per heavy atom. The highest BCUT2D eigenvalue weighted by atomic mass is 19.4. The zero-order valence-electron chi connectivity index (χ0n) is 14.8. The van der Waals surface area contributed by atoms with Gasteiger partial charge in [-0.05, 0) is 36.8 Å². The van der Waals surface area contributed by atoms with Gasteiger partial charge in [0.25, 0.3) is 0 Å². The first kappa shape index (κ1) is 19.5. The van der Waals surface area contributed by atoms with E-state index >= 15 is 0 Å². The standard InChI is InChI=1S/C19H24F3NO2/c1-18(2,3)11-10-16(24)23-12-4-5-15(23)17(25)13-6-8-14(9-7-13)19(20,21)22/h6-9,15H,4-5,10-12H2,1-3H3/t15-/m0/s1. The average Bonchev–Trinajstić information content (AvgIpc) is 3.00. The Labute approximate surface area is 146 Å². The number of carbonyl (C=O) groups is 2. The first-order chi connectivity index (χ1) is 11.5. The Kier molecular flexibility index (Phi) is 5.59. The molecule has 6 heteroatoms. The second kappa shape index (κ2) is 7.18. The second-order valence-electron chi connectivity index (χ2n) is 7.75. The van der Waals surface area contributed by atoms with Crippen LogP contribution in [0.5, 0.6) is 0 Å². The number of alkyl halides is 3. The van der Waals surface area contributed by atoms with Gasteiger partial charge in [0.05, 0.1) is 11.6 Å². The number of ketones is 1. The minimum absolute atomic E-state index is 0.0301. The quantitative estimate of drug-likeness (QED) is 0.734. The highest BCUT2D eigenvalue weighted by Crippen LogP contribution is 2.30. The van der Waals surface area contributed by atoms with Crippen molar-refractivity contribution in [2.75, 3.05) is 6.54 Å². The molecule has 0 bridgehead atoms. The molecule has 0 N–H and O–H groups in total. The Morgan fingerprint density at radius 3 is 2.24 bits per heavy atom. The summed E-state index contributed by atoms with van der Waals surface area (Å²) in [6, 6.07) is 3.65. The summed E-state index contributed by atoms with van der Waals surface area (Å²) in [4.78, 5) is 26.7. The van der Waals surface area contributed by atoms with Crippen LogP contribution < -0.4 is 0 Å². The number of rotatable bonds is 4. The smallest absolute Gasteiger partial charge is 0.332 e. The van der Waals surface area contributed by atoms with Crippen LogP contribution in [0.3, 0.4) is 0 Å². The number of nitrogens with zero attached hydrogens (tertiary/aromatic N) is 1. The van der Waals surface area contributed by atoms with Crippen molar-refractivity contribution >= 4 is 11.7 Å². The van der Waals surface area contributed by atoms with Crippen LogP contribution in [0, 0.1) is 5.41 Å². The fourth-order valence-electron chi connectivity index (χ4n) is 2.98. The number of likely N-dealkylation sites (tertiary alicyclic amines) is 1. The van der Waals surface area contributed by atoms with Gasteiger partial charge in [-0.3, -0.25) is 9.59 Å². The van der Waals surface area contributed by atoms with Crippen LogP contribution in [0.4, 0.5) is 13.2 Å². The third-order valence-electron chi connectivity index (χ3n) is 4.46. The maximum absolute atomic E-state index is 12.6. The lowest BCUT2D eigenvalue weighted by molar-refractivity contribution is -0.137. The van der Waals surface area contributed by atoms with E-state index in [4.69, 9.17) is 0 Å². The van der Waals surface area contributed by atoms with Gasteiger partial charge < -0.3 is 4.90 Å². The van der Waals surface area contributed by atoms with Gasteiger partial charge in [-0.1, -0.05) is 32.9 Å². The first-order valence-electron chi connectivity index (χ1n) is 8.50. The van der Waals surface area contributed by atoms with E-state index in [2.05, 4.69) is 20.8 Å². The monoisotopic (exact) mass is 355 g/mol. The number of hydrogen-bond donors (Lipinski definition) is 0. The Bertz CT molecular complexity index is 630. The van der Waals surface area contributed by atoms with Crippen molar-refractivity contribution in [1.82, 2.24) is 4.90 Å². The van der Waals surface area contributed by atoms with E-state index in [1.807, 2.05) is 0 Å². The molecule has 1 atom stereocenters. The lowest BCUT2D eigenvalue weighted by atomic mass is 9.90. The van der Waals surface area contributed by atoms with Crippen molar-refractivity contribution in [3.05, 3.63) is 35.4 Å². The molecule has 1 aliphatic heterocycles. The van der Waals surface area contributed by atoms with E-state index in [-0.39, 0.29) is 22.7 Å². The number of amides is 1. The molecule has 1 heterocycles. The molecule has 1 aliphatic rings. The van der Waals surface area contributed by atoms with Crippen molar-refractivity contribution in [2.24, 2.45) is 5.41 Å². The molecule has 3 nitrogen and oxygen atoms in total. The Morgan fingerprint density at radius 2 is 1.72 bits per heavy atom. The molecule has 2 rings (SSSR count). The molecular formula is C19H24F3NO2. The summed E-state index contributed by atoms with van der Waals surface area (Å²) in [6.45, 7) is 6.68. The van der Waals surface area contributed by atoms with Gasteiger partial charge >= 0.3 is 6.18 Å². The van der Waals surface area contributed by atoms with Gasteiger partial charge in [0.15, 0.2) is 5.78 Å². The van der Waals surface area contributed by atoms with Crippen molar-refractivity contribution in [2.45, 2.75) is 58.7 Å². The highest BCUT2D eigenvalue weighted by Gasteiger charge is 2.35. The van der Waals surface area contributed by atoms with Crippen LogP contribution in [-0.4, -0.2) is 29.2 Å². The lowest BCUT2D eigenvalue weighted by Crippen LogP contribution is -2.40. The zero-order valence-corrected chi connectivity index (χ0v) is 14.8. The van der Waals surface area contributed by atoms with Crippen LogP contribution in [-0.2, 0) is 11.0 Å². The molecule has 1 amide bonds. The predicted octanol–water partition coefficient (Wildman–Crippen LogP) is 4.71. The second-order valence-corrected chi connectivity index (χ2v) is 7.75. The number of carbonyl (C=O) groups excluding carboxylic acids is 2. The van der Waals surface area contributed by atoms with Gasteiger partial charge in [-0.2, -0.15) is 13.2 Å².